The number of hydrogen-bond donors (Lipinski definition) is 1. The minimum absolute atomic E-state index is 0.00238. The fourth-order valence-corrected chi connectivity index (χ4v) is 5.69. The Morgan fingerprint density at radius 1 is 1.20 bits per heavy atom. The van der Waals surface area contributed by atoms with Gasteiger partial charge in [0.15, 0.2) is 5.76 Å². The van der Waals surface area contributed by atoms with Crippen molar-refractivity contribution in [2.24, 2.45) is 21.7 Å². The number of allylic oxidation sites excluding steroid dienone is 1. The Morgan fingerprint density at radius 3 is 2.70 bits per heavy atom. The Morgan fingerprint density at radius 2 is 1.98 bits per heavy atom. The number of rotatable bonds is 9. The van der Waals surface area contributed by atoms with Crippen molar-refractivity contribution in [3.8, 4) is 0 Å². The van der Waals surface area contributed by atoms with E-state index in [2.05, 4.69) is 28.6 Å². The van der Waals surface area contributed by atoms with E-state index in [1.54, 1.807) is 29.4 Å². The van der Waals surface area contributed by atoms with E-state index in [0.29, 0.717) is 47.0 Å². The number of carbonyl (C=O) groups excluding carboxylic acids is 1. The molecule has 1 aliphatic carbocycles. The van der Waals surface area contributed by atoms with Gasteiger partial charge in [-0.25, -0.2) is 5.01 Å². The Kier molecular flexibility index (Phi) is 8.64. The number of nitrogens with two attached hydrogens (primary N) is 1. The second-order valence-electron chi connectivity index (χ2n) is 10.8. The zero-order valence-corrected chi connectivity index (χ0v) is 24.3. The van der Waals surface area contributed by atoms with E-state index in [0.717, 1.165) is 61.2 Å². The Labute approximate surface area is 246 Å². The second kappa shape index (κ2) is 12.2. The van der Waals surface area contributed by atoms with Crippen molar-refractivity contribution in [3.05, 3.63) is 87.7 Å². The predicted molar refractivity (Wildman–Crippen MR) is 163 cm³/mol. The first kappa shape index (κ1) is 28.4. The van der Waals surface area contributed by atoms with Crippen LogP contribution in [0.2, 0.25) is 10.0 Å². The monoisotopic (exact) mass is 579 g/mol. The summed E-state index contributed by atoms with van der Waals surface area (Å²) in [5.74, 6) is 1.04. The Bertz CT molecular complexity index is 1370. The van der Waals surface area contributed by atoms with Gasteiger partial charge in [-0.05, 0) is 87.1 Å². The molecule has 5 rings (SSSR count). The highest BCUT2D eigenvalue weighted by atomic mass is 35.5. The van der Waals surface area contributed by atoms with Crippen LogP contribution in [0.4, 0.5) is 0 Å². The predicted octanol–water partition coefficient (Wildman–Crippen LogP) is 5.86. The number of carbonyl (C=O) groups is 1. The lowest BCUT2D eigenvalue weighted by molar-refractivity contribution is -0.133. The minimum atomic E-state index is -0.587. The van der Waals surface area contributed by atoms with Gasteiger partial charge in [0.05, 0.1) is 36.2 Å². The fourth-order valence-electron chi connectivity index (χ4n) is 5.29. The van der Waals surface area contributed by atoms with E-state index in [9.17, 15) is 4.79 Å². The van der Waals surface area contributed by atoms with Crippen molar-refractivity contribution in [2.45, 2.75) is 37.5 Å². The van der Waals surface area contributed by atoms with Crippen LogP contribution in [0, 0.1) is 5.92 Å². The van der Waals surface area contributed by atoms with Gasteiger partial charge in [-0.3, -0.25) is 9.79 Å². The highest BCUT2D eigenvalue weighted by molar-refractivity contribution is 6.36. The second-order valence-corrected chi connectivity index (χ2v) is 11.7. The van der Waals surface area contributed by atoms with Crippen molar-refractivity contribution >= 4 is 46.7 Å². The standard InChI is InChI=1S/C31H35Cl2N5O2/c1-21(35-19-26(18-34)40-20-22-8-13-37(2)14-9-22)23-4-3-5-24(16-23)31(11-12-31)30(39)38-15-10-29(36-38)27-17-25(32)6-7-28(27)33/h3-7,16-19,22H,1,8-15,20,34H2,2H3/b26-18+,35-19?. The van der Waals surface area contributed by atoms with Gasteiger partial charge in [0.2, 0.25) is 0 Å². The molecule has 2 aromatic rings. The molecule has 2 N–H and O–H groups in total. The molecule has 0 bridgehead atoms. The third kappa shape index (κ3) is 6.27. The van der Waals surface area contributed by atoms with Crippen LogP contribution in [0.3, 0.4) is 0 Å². The van der Waals surface area contributed by atoms with Crippen LogP contribution in [0.25, 0.3) is 5.70 Å². The number of halogens is 2. The smallest absolute Gasteiger partial charge is 0.253 e. The minimum Gasteiger partial charge on any atom is -0.490 e. The number of nitrogens with zero attached hydrogens (tertiary/aromatic N) is 4. The quantitative estimate of drug-likeness (QED) is 0.298. The summed E-state index contributed by atoms with van der Waals surface area (Å²) in [5.41, 5.74) is 9.12. The molecule has 0 spiro atoms. The van der Waals surface area contributed by atoms with E-state index in [1.807, 2.05) is 24.3 Å². The van der Waals surface area contributed by atoms with E-state index in [4.69, 9.17) is 33.7 Å². The molecule has 0 radical (unpaired) electrons. The van der Waals surface area contributed by atoms with Gasteiger partial charge in [-0.2, -0.15) is 5.10 Å². The average Bonchev–Trinajstić information content (AvgIpc) is 3.64. The first-order valence-electron chi connectivity index (χ1n) is 13.7. The van der Waals surface area contributed by atoms with Crippen molar-refractivity contribution in [3.63, 3.8) is 0 Å². The molecule has 1 saturated carbocycles. The fraction of sp³-hybridized carbons (Fsp3) is 0.387. The first-order chi connectivity index (χ1) is 19.3. The molecule has 2 aromatic carbocycles. The van der Waals surface area contributed by atoms with Crippen molar-refractivity contribution in [1.29, 1.82) is 0 Å². The summed E-state index contributed by atoms with van der Waals surface area (Å²) in [6, 6.07) is 13.2. The van der Waals surface area contributed by atoms with Crippen LogP contribution < -0.4 is 5.73 Å². The molecule has 40 heavy (non-hydrogen) atoms. The molecule has 0 aromatic heterocycles. The lowest BCUT2D eigenvalue weighted by Crippen LogP contribution is -2.34. The lowest BCUT2D eigenvalue weighted by Gasteiger charge is -2.28. The maximum Gasteiger partial charge on any atom is 0.253 e. The number of likely N-dealkylation sites (tertiary alicyclic amines) is 1. The summed E-state index contributed by atoms with van der Waals surface area (Å²) in [5, 5.41) is 7.39. The number of piperidine rings is 1. The van der Waals surface area contributed by atoms with Crippen LogP contribution in [-0.4, -0.2) is 61.0 Å². The van der Waals surface area contributed by atoms with Gasteiger partial charge in [-0.1, -0.05) is 48.0 Å². The van der Waals surface area contributed by atoms with Crippen LogP contribution in [0.5, 0.6) is 0 Å². The van der Waals surface area contributed by atoms with Crippen LogP contribution in [-0.2, 0) is 14.9 Å². The molecule has 1 amide bonds. The van der Waals surface area contributed by atoms with Gasteiger partial charge in [-0.15, -0.1) is 0 Å². The molecule has 9 heteroatoms. The van der Waals surface area contributed by atoms with E-state index < -0.39 is 5.41 Å². The largest absolute Gasteiger partial charge is 0.490 e. The summed E-state index contributed by atoms with van der Waals surface area (Å²) < 4.78 is 5.93. The van der Waals surface area contributed by atoms with Gasteiger partial charge in [0.1, 0.15) is 0 Å². The van der Waals surface area contributed by atoms with Crippen molar-refractivity contribution in [1.82, 2.24) is 9.91 Å². The SMILES string of the molecule is C=C(N=C/C(=C\N)OCC1CCN(C)CC1)c1cccc(C2(C(=O)N3CCC(c4cc(Cl)ccc4Cl)=N3)CC2)c1. The number of aliphatic imine (C=N–C) groups is 1. The molecule has 2 fully saturated rings. The molecule has 7 nitrogen and oxygen atoms in total. The molecule has 2 aliphatic heterocycles. The lowest BCUT2D eigenvalue weighted by atomic mass is 9.92. The van der Waals surface area contributed by atoms with Crippen molar-refractivity contribution in [2.75, 3.05) is 33.3 Å². The summed E-state index contributed by atoms with van der Waals surface area (Å²) in [7, 11) is 2.14. The van der Waals surface area contributed by atoms with Crippen molar-refractivity contribution < 1.29 is 9.53 Å². The molecular formula is C31H35Cl2N5O2. The zero-order valence-electron chi connectivity index (χ0n) is 22.8. The van der Waals surface area contributed by atoms with Gasteiger partial charge >= 0.3 is 0 Å². The number of hydrogen-bond acceptors (Lipinski definition) is 6. The Balaban J connectivity index is 1.24. The number of hydrazone groups is 1. The zero-order chi connectivity index (χ0) is 28.3. The van der Waals surface area contributed by atoms with E-state index in [-0.39, 0.29) is 5.91 Å². The molecule has 0 atom stereocenters. The molecular weight excluding hydrogens is 545 g/mol. The highest BCUT2D eigenvalue weighted by Crippen LogP contribution is 2.50. The van der Waals surface area contributed by atoms with Gasteiger partial charge in [0, 0.05) is 28.2 Å². The maximum atomic E-state index is 13.7. The summed E-state index contributed by atoms with van der Waals surface area (Å²) in [6.07, 6.45) is 7.45. The van der Waals surface area contributed by atoms with E-state index in [1.165, 1.54) is 6.20 Å². The average molecular weight is 581 g/mol. The summed E-state index contributed by atoms with van der Waals surface area (Å²) in [4.78, 5) is 20.5. The number of amides is 1. The maximum absolute atomic E-state index is 13.7. The van der Waals surface area contributed by atoms with Crippen LogP contribution in [0.1, 0.15) is 48.8 Å². The molecule has 0 unspecified atom stereocenters. The molecule has 1 saturated heterocycles. The van der Waals surface area contributed by atoms with Gasteiger partial charge < -0.3 is 15.4 Å². The molecule has 3 aliphatic rings. The first-order valence-corrected chi connectivity index (χ1v) is 14.5. The summed E-state index contributed by atoms with van der Waals surface area (Å²) in [6.45, 7) is 7.46. The van der Waals surface area contributed by atoms with Crippen LogP contribution >= 0.6 is 23.2 Å². The summed E-state index contributed by atoms with van der Waals surface area (Å²) >= 11 is 12.5. The molecule has 210 valence electrons. The number of ether oxygens (including phenoxy) is 1. The molecule has 2 heterocycles. The third-order valence-corrected chi connectivity index (χ3v) is 8.58. The van der Waals surface area contributed by atoms with Gasteiger partial charge in [0.25, 0.3) is 5.91 Å². The topological polar surface area (TPSA) is 83.5 Å². The highest BCUT2D eigenvalue weighted by Gasteiger charge is 2.54. The normalized spacial score (nSPS) is 19.6. The van der Waals surface area contributed by atoms with Crippen LogP contribution in [0.15, 0.2) is 71.1 Å². The third-order valence-electron chi connectivity index (χ3n) is 8.02. The van der Waals surface area contributed by atoms with E-state index >= 15 is 0 Å². The number of benzene rings is 2. The Hall–Kier alpha value is -3.13.